The van der Waals surface area contributed by atoms with Gasteiger partial charge in [0.1, 0.15) is 12.4 Å². The molecule has 24 heavy (non-hydrogen) atoms. The van der Waals surface area contributed by atoms with Gasteiger partial charge in [-0.1, -0.05) is 25.7 Å². The molecule has 0 unspecified atom stereocenters. The molecule has 0 bridgehead atoms. The normalized spacial score (nSPS) is 19.5. The fraction of sp³-hybridized carbons (Fsp3) is 0.824. The maximum atomic E-state index is 4.76. The van der Waals surface area contributed by atoms with E-state index in [9.17, 15) is 0 Å². The Balaban J connectivity index is 0.00000208. The van der Waals surface area contributed by atoms with Crippen molar-refractivity contribution in [2.24, 2.45) is 18.0 Å². The van der Waals surface area contributed by atoms with Gasteiger partial charge in [-0.25, -0.2) is 4.99 Å². The highest BCUT2D eigenvalue weighted by Crippen LogP contribution is 2.25. The van der Waals surface area contributed by atoms with E-state index in [4.69, 9.17) is 4.99 Å². The predicted octanol–water partition coefficient (Wildman–Crippen LogP) is 2.91. The Labute approximate surface area is 162 Å². The average molecular weight is 446 g/mol. The minimum Gasteiger partial charge on any atom is -0.356 e. The van der Waals surface area contributed by atoms with Gasteiger partial charge in [0.2, 0.25) is 0 Å². The van der Waals surface area contributed by atoms with E-state index in [0.29, 0.717) is 12.6 Å². The number of rotatable bonds is 5. The Hall–Kier alpha value is -0.860. The van der Waals surface area contributed by atoms with E-state index in [0.717, 1.165) is 30.1 Å². The van der Waals surface area contributed by atoms with Crippen LogP contribution in [-0.2, 0) is 13.6 Å². The summed E-state index contributed by atoms with van der Waals surface area (Å²) in [6.07, 6.45) is 10.6. The van der Waals surface area contributed by atoms with Crippen LogP contribution in [0.3, 0.4) is 0 Å². The minimum atomic E-state index is 0. The van der Waals surface area contributed by atoms with Crippen molar-refractivity contribution in [3.8, 4) is 0 Å². The highest BCUT2D eigenvalue weighted by atomic mass is 127. The standard InChI is InChI=1S/C17H30N6.HI/c1-13-21-22-16(23(13)2)12-19-17(18-11-14-7-6-8-14)20-15-9-4-3-5-10-15;/h14-15H,3-12H2,1-2H3,(H2,18,19,20);1H. The fourth-order valence-corrected chi connectivity index (χ4v) is 3.27. The quantitative estimate of drug-likeness (QED) is 0.415. The monoisotopic (exact) mass is 446 g/mol. The Morgan fingerprint density at radius 1 is 1.12 bits per heavy atom. The summed E-state index contributed by atoms with van der Waals surface area (Å²) in [6.45, 7) is 3.58. The molecule has 0 saturated heterocycles. The lowest BCUT2D eigenvalue weighted by atomic mass is 9.85. The van der Waals surface area contributed by atoms with Crippen molar-refractivity contribution in [1.29, 1.82) is 0 Å². The molecule has 136 valence electrons. The first-order valence-corrected chi connectivity index (χ1v) is 9.12. The van der Waals surface area contributed by atoms with Crippen LogP contribution in [0.1, 0.15) is 63.0 Å². The van der Waals surface area contributed by atoms with Gasteiger partial charge in [-0.2, -0.15) is 0 Å². The smallest absolute Gasteiger partial charge is 0.191 e. The second kappa shape index (κ2) is 9.58. The Kier molecular flexibility index (Phi) is 7.77. The summed E-state index contributed by atoms with van der Waals surface area (Å²) < 4.78 is 2.01. The summed E-state index contributed by atoms with van der Waals surface area (Å²) >= 11 is 0. The molecule has 2 fully saturated rings. The van der Waals surface area contributed by atoms with Gasteiger partial charge in [0.05, 0.1) is 0 Å². The Bertz CT molecular complexity index is 531. The number of halogens is 1. The number of aliphatic imine (C=N–C) groups is 1. The molecule has 3 rings (SSSR count). The predicted molar refractivity (Wildman–Crippen MR) is 108 cm³/mol. The summed E-state index contributed by atoms with van der Waals surface area (Å²) in [5.41, 5.74) is 0. The van der Waals surface area contributed by atoms with Crippen molar-refractivity contribution in [1.82, 2.24) is 25.4 Å². The number of aryl methyl sites for hydroxylation is 1. The molecule has 0 atom stereocenters. The molecule has 7 heteroatoms. The molecule has 2 saturated carbocycles. The largest absolute Gasteiger partial charge is 0.356 e. The third-order valence-electron chi connectivity index (χ3n) is 5.29. The van der Waals surface area contributed by atoms with Crippen LogP contribution < -0.4 is 10.6 Å². The summed E-state index contributed by atoms with van der Waals surface area (Å²) in [6, 6.07) is 0.567. The lowest BCUT2D eigenvalue weighted by Crippen LogP contribution is -2.46. The van der Waals surface area contributed by atoms with Gasteiger partial charge in [0.15, 0.2) is 11.8 Å². The molecular formula is C17H31IN6. The Morgan fingerprint density at radius 3 is 2.46 bits per heavy atom. The first-order valence-electron chi connectivity index (χ1n) is 9.12. The average Bonchev–Trinajstić information content (AvgIpc) is 2.83. The second-order valence-electron chi connectivity index (χ2n) is 7.04. The van der Waals surface area contributed by atoms with Crippen LogP contribution in [0.2, 0.25) is 0 Å². The highest BCUT2D eigenvalue weighted by molar-refractivity contribution is 14.0. The van der Waals surface area contributed by atoms with E-state index in [2.05, 4.69) is 20.8 Å². The molecule has 0 aromatic carbocycles. The van der Waals surface area contributed by atoms with Gasteiger partial charge in [-0.05, 0) is 38.5 Å². The zero-order valence-electron chi connectivity index (χ0n) is 14.9. The van der Waals surface area contributed by atoms with Crippen molar-refractivity contribution in [2.75, 3.05) is 6.54 Å². The van der Waals surface area contributed by atoms with Crippen molar-refractivity contribution < 1.29 is 0 Å². The fourth-order valence-electron chi connectivity index (χ4n) is 3.27. The van der Waals surface area contributed by atoms with E-state index < -0.39 is 0 Å². The van der Waals surface area contributed by atoms with Crippen molar-refractivity contribution in [2.45, 2.75) is 70.9 Å². The Morgan fingerprint density at radius 2 is 1.88 bits per heavy atom. The van der Waals surface area contributed by atoms with Crippen LogP contribution in [0.4, 0.5) is 0 Å². The molecule has 2 aliphatic rings. The van der Waals surface area contributed by atoms with Gasteiger partial charge in [-0.15, -0.1) is 34.2 Å². The molecule has 1 aromatic heterocycles. The number of hydrogen-bond donors (Lipinski definition) is 2. The maximum Gasteiger partial charge on any atom is 0.191 e. The molecule has 1 heterocycles. The maximum absolute atomic E-state index is 4.76. The molecule has 2 N–H and O–H groups in total. The van der Waals surface area contributed by atoms with Crippen molar-refractivity contribution in [3.05, 3.63) is 11.6 Å². The zero-order valence-corrected chi connectivity index (χ0v) is 17.3. The second-order valence-corrected chi connectivity index (χ2v) is 7.04. The van der Waals surface area contributed by atoms with Gasteiger partial charge in [-0.3, -0.25) is 0 Å². The molecular weight excluding hydrogens is 415 g/mol. The van der Waals surface area contributed by atoms with E-state index in [1.165, 1.54) is 51.4 Å². The summed E-state index contributed by atoms with van der Waals surface area (Å²) in [7, 11) is 2.00. The van der Waals surface area contributed by atoms with Crippen LogP contribution >= 0.6 is 24.0 Å². The van der Waals surface area contributed by atoms with Crippen molar-refractivity contribution >= 4 is 29.9 Å². The highest BCUT2D eigenvalue weighted by Gasteiger charge is 2.19. The van der Waals surface area contributed by atoms with E-state index >= 15 is 0 Å². The summed E-state index contributed by atoms with van der Waals surface area (Å²) in [5.74, 6) is 3.62. The number of hydrogen-bond acceptors (Lipinski definition) is 3. The van der Waals surface area contributed by atoms with Crippen LogP contribution in [0.5, 0.6) is 0 Å². The first-order chi connectivity index (χ1) is 11.2. The van der Waals surface area contributed by atoms with Gasteiger partial charge >= 0.3 is 0 Å². The summed E-state index contributed by atoms with van der Waals surface area (Å²) in [5, 5.41) is 15.5. The topological polar surface area (TPSA) is 67.1 Å². The SMILES string of the molecule is Cc1nnc(CN=C(NCC2CCC2)NC2CCCCC2)n1C.I. The number of nitrogens with zero attached hydrogens (tertiary/aromatic N) is 4. The molecule has 0 aliphatic heterocycles. The van der Waals surface area contributed by atoms with Crippen LogP contribution in [0.15, 0.2) is 4.99 Å². The number of nitrogens with one attached hydrogen (secondary N) is 2. The van der Waals surface area contributed by atoms with Gasteiger partial charge in [0.25, 0.3) is 0 Å². The van der Waals surface area contributed by atoms with E-state index in [1.807, 2.05) is 18.5 Å². The molecule has 0 spiro atoms. The number of guanidine groups is 1. The first kappa shape index (κ1) is 19.5. The van der Waals surface area contributed by atoms with Crippen molar-refractivity contribution in [3.63, 3.8) is 0 Å². The van der Waals surface area contributed by atoms with Crippen LogP contribution in [0, 0.1) is 12.8 Å². The lowest BCUT2D eigenvalue weighted by Gasteiger charge is -2.29. The lowest BCUT2D eigenvalue weighted by molar-refractivity contribution is 0.313. The molecule has 2 aliphatic carbocycles. The third-order valence-corrected chi connectivity index (χ3v) is 5.29. The molecule has 0 amide bonds. The molecule has 1 aromatic rings. The van der Waals surface area contributed by atoms with E-state index in [1.54, 1.807) is 0 Å². The molecule has 6 nitrogen and oxygen atoms in total. The third kappa shape index (κ3) is 5.32. The van der Waals surface area contributed by atoms with Crippen LogP contribution in [-0.4, -0.2) is 33.3 Å². The van der Waals surface area contributed by atoms with Crippen LogP contribution in [0.25, 0.3) is 0 Å². The molecule has 0 radical (unpaired) electrons. The number of aromatic nitrogens is 3. The minimum absolute atomic E-state index is 0. The zero-order chi connectivity index (χ0) is 16.1. The summed E-state index contributed by atoms with van der Waals surface area (Å²) in [4.78, 5) is 4.76. The van der Waals surface area contributed by atoms with Gasteiger partial charge < -0.3 is 15.2 Å². The van der Waals surface area contributed by atoms with Gasteiger partial charge in [0, 0.05) is 19.6 Å². The van der Waals surface area contributed by atoms with E-state index in [-0.39, 0.29) is 24.0 Å².